The fourth-order valence-electron chi connectivity index (χ4n) is 2.43. The second kappa shape index (κ2) is 8.51. The van der Waals surface area contributed by atoms with Gasteiger partial charge in [0.25, 0.3) is 5.91 Å². The van der Waals surface area contributed by atoms with E-state index < -0.39 is 0 Å². The van der Waals surface area contributed by atoms with Crippen LogP contribution in [0.1, 0.15) is 21.6 Å². The first-order valence-corrected chi connectivity index (χ1v) is 9.54. The zero-order chi connectivity index (χ0) is 18.5. The summed E-state index contributed by atoms with van der Waals surface area (Å²) in [5, 5.41) is 7.05. The molecular weight excluding hydrogens is 462 g/mol. The number of nitrogens with one attached hydrogen (secondary N) is 1. The zero-order valence-corrected chi connectivity index (χ0v) is 17.2. The summed E-state index contributed by atoms with van der Waals surface area (Å²) in [6, 6.07) is 15.1. The molecule has 0 aliphatic carbocycles. The predicted molar refractivity (Wildman–Crippen MR) is 107 cm³/mol. The summed E-state index contributed by atoms with van der Waals surface area (Å²) in [5.74, 6) is 0.629. The number of para-hydroxylation sites is 1. The molecule has 2 aromatic carbocycles. The number of aromatic nitrogens is 2. The van der Waals surface area contributed by atoms with E-state index in [-0.39, 0.29) is 5.91 Å². The Labute approximate surface area is 168 Å². The van der Waals surface area contributed by atoms with Gasteiger partial charge in [-0.15, -0.1) is 0 Å². The van der Waals surface area contributed by atoms with Gasteiger partial charge in [-0.3, -0.25) is 9.48 Å². The number of hydrogen-bond donors (Lipinski definition) is 1. The molecule has 5 nitrogen and oxygen atoms in total. The number of hydrogen-bond acceptors (Lipinski definition) is 3. The van der Waals surface area contributed by atoms with E-state index in [4.69, 9.17) is 4.74 Å². The Bertz CT molecular complexity index is 905. The number of benzene rings is 2. The van der Waals surface area contributed by atoms with Crippen molar-refractivity contribution < 1.29 is 9.53 Å². The number of carbonyl (C=O) groups is 1. The Kier molecular flexibility index (Phi) is 6.11. The second-order valence-corrected chi connectivity index (χ2v) is 7.37. The van der Waals surface area contributed by atoms with Crippen LogP contribution in [0.4, 0.5) is 0 Å². The number of amides is 1. The molecule has 0 atom stereocenters. The number of ether oxygens (including phenoxy) is 1. The van der Waals surface area contributed by atoms with Crippen molar-refractivity contribution in [2.45, 2.75) is 13.2 Å². The number of halogens is 2. The molecule has 0 unspecified atom stereocenters. The summed E-state index contributed by atoms with van der Waals surface area (Å²) >= 11 is 6.89. The summed E-state index contributed by atoms with van der Waals surface area (Å²) in [6.45, 7) is 0.782. The van der Waals surface area contributed by atoms with Crippen molar-refractivity contribution in [3.8, 4) is 5.75 Å². The number of nitrogens with zero attached hydrogens (tertiary/aromatic N) is 2. The van der Waals surface area contributed by atoms with Crippen LogP contribution >= 0.6 is 31.9 Å². The minimum Gasteiger partial charge on any atom is -0.488 e. The Morgan fingerprint density at radius 2 is 1.96 bits per heavy atom. The quantitative estimate of drug-likeness (QED) is 0.569. The highest BCUT2D eigenvalue weighted by molar-refractivity contribution is 9.10. The molecule has 1 N–H and O–H groups in total. The minimum atomic E-state index is -0.138. The number of aryl methyl sites for hydroxylation is 1. The minimum absolute atomic E-state index is 0.138. The molecule has 134 valence electrons. The van der Waals surface area contributed by atoms with Gasteiger partial charge in [0, 0.05) is 12.6 Å². The van der Waals surface area contributed by atoms with Gasteiger partial charge >= 0.3 is 0 Å². The van der Waals surface area contributed by atoms with Gasteiger partial charge in [0.2, 0.25) is 0 Å². The van der Waals surface area contributed by atoms with Crippen LogP contribution in [0, 0.1) is 0 Å². The molecule has 0 spiro atoms. The smallest absolute Gasteiger partial charge is 0.251 e. The van der Waals surface area contributed by atoms with E-state index in [0.717, 1.165) is 26.0 Å². The van der Waals surface area contributed by atoms with Crippen LogP contribution in [0.15, 0.2) is 63.7 Å². The summed E-state index contributed by atoms with van der Waals surface area (Å²) in [4.78, 5) is 12.4. The summed E-state index contributed by atoms with van der Waals surface area (Å²) in [5.41, 5.74) is 2.43. The predicted octanol–water partition coefficient (Wildman–Crippen LogP) is 4.45. The van der Waals surface area contributed by atoms with E-state index in [1.54, 1.807) is 16.9 Å². The topological polar surface area (TPSA) is 56.2 Å². The van der Waals surface area contributed by atoms with Crippen molar-refractivity contribution >= 4 is 37.8 Å². The largest absolute Gasteiger partial charge is 0.488 e. The highest BCUT2D eigenvalue weighted by Gasteiger charge is 2.10. The molecule has 26 heavy (non-hydrogen) atoms. The average Bonchev–Trinajstić information content (AvgIpc) is 2.97. The Morgan fingerprint density at radius 3 is 2.69 bits per heavy atom. The lowest BCUT2D eigenvalue weighted by molar-refractivity contribution is 0.0950. The Hall–Kier alpha value is -2.12. The van der Waals surface area contributed by atoms with E-state index in [2.05, 4.69) is 42.3 Å². The van der Waals surface area contributed by atoms with E-state index in [1.165, 1.54) is 0 Å². The monoisotopic (exact) mass is 477 g/mol. The molecule has 0 saturated heterocycles. The second-order valence-electron chi connectivity index (χ2n) is 5.66. The molecule has 1 aromatic heterocycles. The molecule has 3 rings (SSSR count). The van der Waals surface area contributed by atoms with Gasteiger partial charge in [-0.05, 0) is 61.7 Å². The lowest BCUT2D eigenvalue weighted by Crippen LogP contribution is -2.24. The van der Waals surface area contributed by atoms with Crippen molar-refractivity contribution in [3.05, 3.63) is 80.5 Å². The van der Waals surface area contributed by atoms with Crippen LogP contribution in [0.5, 0.6) is 5.75 Å². The fraction of sp³-hybridized carbons (Fsp3) is 0.158. The molecule has 0 aliphatic rings. The van der Waals surface area contributed by atoms with E-state index in [1.807, 2.05) is 49.5 Å². The molecule has 0 radical (unpaired) electrons. The van der Waals surface area contributed by atoms with E-state index in [0.29, 0.717) is 18.7 Å². The molecule has 7 heteroatoms. The summed E-state index contributed by atoms with van der Waals surface area (Å²) < 4.78 is 9.31. The molecule has 1 amide bonds. The molecule has 1 heterocycles. The van der Waals surface area contributed by atoms with E-state index in [9.17, 15) is 4.79 Å². The third-order valence-corrected chi connectivity index (χ3v) is 5.16. The molecule has 0 saturated carbocycles. The average molecular weight is 479 g/mol. The van der Waals surface area contributed by atoms with E-state index >= 15 is 0 Å². The van der Waals surface area contributed by atoms with Gasteiger partial charge in [-0.1, -0.05) is 24.3 Å². The van der Waals surface area contributed by atoms with Crippen LogP contribution in [-0.4, -0.2) is 15.7 Å². The van der Waals surface area contributed by atoms with Crippen LogP contribution < -0.4 is 10.1 Å². The third-order valence-electron chi connectivity index (χ3n) is 3.85. The Morgan fingerprint density at radius 1 is 1.15 bits per heavy atom. The molecule has 0 aliphatic heterocycles. The van der Waals surface area contributed by atoms with Crippen LogP contribution in [0.25, 0.3) is 0 Å². The van der Waals surface area contributed by atoms with Crippen LogP contribution in [0.2, 0.25) is 0 Å². The van der Waals surface area contributed by atoms with Gasteiger partial charge in [-0.25, -0.2) is 0 Å². The third kappa shape index (κ3) is 4.53. The number of carbonyl (C=O) groups excluding carboxylic acids is 1. The molecular formula is C19H17Br2N3O2. The summed E-state index contributed by atoms with van der Waals surface area (Å²) in [6.07, 6.45) is 1.71. The lowest BCUT2D eigenvalue weighted by atomic mass is 10.1. The van der Waals surface area contributed by atoms with Crippen LogP contribution in [0.3, 0.4) is 0 Å². The summed E-state index contributed by atoms with van der Waals surface area (Å²) in [7, 11) is 1.84. The molecule has 0 fully saturated rings. The number of rotatable bonds is 6. The first-order chi connectivity index (χ1) is 12.5. The maximum atomic E-state index is 12.4. The van der Waals surface area contributed by atoms with Gasteiger partial charge in [0.05, 0.1) is 27.4 Å². The fourth-order valence-corrected chi connectivity index (χ4v) is 3.31. The van der Waals surface area contributed by atoms with Crippen molar-refractivity contribution in [3.63, 3.8) is 0 Å². The highest BCUT2D eigenvalue weighted by Crippen LogP contribution is 2.24. The van der Waals surface area contributed by atoms with Gasteiger partial charge in [0.15, 0.2) is 0 Å². The van der Waals surface area contributed by atoms with Crippen molar-refractivity contribution in [2.75, 3.05) is 0 Å². The van der Waals surface area contributed by atoms with Gasteiger partial charge < -0.3 is 10.1 Å². The zero-order valence-electron chi connectivity index (χ0n) is 14.1. The first-order valence-electron chi connectivity index (χ1n) is 7.95. The SMILES string of the molecule is Cn1ncc(Br)c1CNC(=O)c1cccc(COc2ccccc2Br)c1. The standard InChI is InChI=1S/C19H17Br2N3O2/c1-24-17(16(21)10-23-24)11-22-19(25)14-6-4-5-13(9-14)12-26-18-8-3-2-7-15(18)20/h2-10H,11-12H2,1H3,(H,22,25). The van der Waals surface area contributed by atoms with Crippen molar-refractivity contribution in [1.29, 1.82) is 0 Å². The maximum Gasteiger partial charge on any atom is 0.251 e. The van der Waals surface area contributed by atoms with Gasteiger partial charge in [0.1, 0.15) is 12.4 Å². The maximum absolute atomic E-state index is 12.4. The lowest BCUT2D eigenvalue weighted by Gasteiger charge is -2.10. The highest BCUT2D eigenvalue weighted by atomic mass is 79.9. The van der Waals surface area contributed by atoms with Crippen molar-refractivity contribution in [2.24, 2.45) is 7.05 Å². The molecule has 3 aromatic rings. The first kappa shape index (κ1) is 18.7. The van der Waals surface area contributed by atoms with Gasteiger partial charge in [-0.2, -0.15) is 5.10 Å². The normalized spacial score (nSPS) is 10.6. The molecule has 0 bridgehead atoms. The Balaban J connectivity index is 1.63. The van der Waals surface area contributed by atoms with Crippen LogP contribution in [-0.2, 0) is 20.2 Å². The van der Waals surface area contributed by atoms with Crippen molar-refractivity contribution in [1.82, 2.24) is 15.1 Å².